The molecule has 1 heterocycles. The summed E-state index contributed by atoms with van der Waals surface area (Å²) in [6.45, 7) is 1.58. The predicted molar refractivity (Wildman–Crippen MR) is 105 cm³/mol. The van der Waals surface area contributed by atoms with Crippen molar-refractivity contribution in [1.82, 2.24) is 14.5 Å². The van der Waals surface area contributed by atoms with Crippen LogP contribution in [0.3, 0.4) is 0 Å². The van der Waals surface area contributed by atoms with E-state index in [0.29, 0.717) is 0 Å². The molecule has 0 saturated carbocycles. The van der Waals surface area contributed by atoms with E-state index in [1.165, 1.54) is 16.8 Å². The lowest BCUT2D eigenvalue weighted by molar-refractivity contribution is 0.375. The van der Waals surface area contributed by atoms with E-state index in [1.807, 2.05) is 36.9 Å². The Hall–Kier alpha value is -1.85. The number of thioether (sulfide) groups is 1. The third-order valence-electron chi connectivity index (χ3n) is 4.40. The predicted octanol–water partition coefficient (Wildman–Crippen LogP) is 3.10. The van der Waals surface area contributed by atoms with Crippen molar-refractivity contribution in [3.05, 3.63) is 63.7 Å². The lowest BCUT2D eigenvalue weighted by atomic mass is 10.2. The summed E-state index contributed by atoms with van der Waals surface area (Å²) in [7, 11) is 4.06. The highest BCUT2D eigenvalue weighted by atomic mass is 32.2. The molecule has 0 radical (unpaired) electrons. The third kappa shape index (κ3) is 4.61. The van der Waals surface area contributed by atoms with Crippen molar-refractivity contribution in [2.24, 2.45) is 0 Å². The maximum atomic E-state index is 12.5. The van der Waals surface area contributed by atoms with Crippen molar-refractivity contribution in [1.29, 1.82) is 0 Å². The zero-order chi connectivity index (χ0) is 17.6. The van der Waals surface area contributed by atoms with Crippen LogP contribution in [0.4, 0.5) is 0 Å². The molecule has 1 aliphatic carbocycles. The first-order valence-electron chi connectivity index (χ1n) is 8.77. The number of hydrogen-bond donors (Lipinski definition) is 0. The zero-order valence-electron chi connectivity index (χ0n) is 14.9. The molecule has 5 heteroatoms. The lowest BCUT2D eigenvalue weighted by Crippen LogP contribution is -2.31. The second-order valence-corrected chi connectivity index (χ2v) is 7.57. The van der Waals surface area contributed by atoms with E-state index in [-0.39, 0.29) is 5.69 Å². The van der Waals surface area contributed by atoms with Crippen molar-refractivity contribution < 1.29 is 0 Å². The van der Waals surface area contributed by atoms with Crippen molar-refractivity contribution in [2.75, 3.05) is 26.4 Å². The van der Waals surface area contributed by atoms with Crippen LogP contribution in [0.5, 0.6) is 0 Å². The monoisotopic (exact) mass is 355 g/mol. The van der Waals surface area contributed by atoms with Crippen LogP contribution in [-0.4, -0.2) is 40.8 Å². The fourth-order valence-electron chi connectivity index (χ4n) is 3.11. The molecule has 0 amide bonds. The Kier molecular flexibility index (Phi) is 6.10. The van der Waals surface area contributed by atoms with Gasteiger partial charge in [-0.3, -0.25) is 4.57 Å². The minimum absolute atomic E-state index is 0.1000. The molecule has 3 rings (SSSR count). The highest BCUT2D eigenvalue weighted by Gasteiger charge is 2.21. The Bertz CT molecular complexity index is 797. The van der Waals surface area contributed by atoms with Crippen molar-refractivity contribution >= 4 is 17.8 Å². The van der Waals surface area contributed by atoms with Gasteiger partial charge in [0.2, 0.25) is 0 Å². The highest BCUT2D eigenvalue weighted by molar-refractivity contribution is 7.99. The number of nitrogens with zero attached hydrogens (tertiary/aromatic N) is 3. The molecule has 25 heavy (non-hydrogen) atoms. The number of hydrogen-bond acceptors (Lipinski definition) is 4. The molecule has 0 unspecified atom stereocenters. The number of aromatic nitrogens is 2. The zero-order valence-corrected chi connectivity index (χ0v) is 15.8. The van der Waals surface area contributed by atoms with Crippen LogP contribution >= 0.6 is 11.8 Å². The van der Waals surface area contributed by atoms with E-state index >= 15 is 0 Å². The third-order valence-corrected chi connectivity index (χ3v) is 5.37. The fourth-order valence-corrected chi connectivity index (χ4v) is 4.00. The maximum Gasteiger partial charge on any atom is 0.348 e. The molecule has 1 aromatic carbocycles. The van der Waals surface area contributed by atoms with Gasteiger partial charge in [0.05, 0.1) is 0 Å². The van der Waals surface area contributed by atoms with Crippen LogP contribution in [0, 0.1) is 0 Å². The molecule has 2 aromatic rings. The van der Waals surface area contributed by atoms with Gasteiger partial charge in [0, 0.05) is 30.1 Å². The minimum atomic E-state index is -0.1000. The van der Waals surface area contributed by atoms with Gasteiger partial charge in [0.1, 0.15) is 5.03 Å². The van der Waals surface area contributed by atoms with Crippen LogP contribution in [0.2, 0.25) is 0 Å². The summed E-state index contributed by atoms with van der Waals surface area (Å²) in [5.41, 5.74) is 3.59. The van der Waals surface area contributed by atoms with Gasteiger partial charge >= 0.3 is 5.69 Å². The summed E-state index contributed by atoms with van der Waals surface area (Å²) < 4.78 is 1.88. The Morgan fingerprint density at radius 1 is 1.24 bits per heavy atom. The van der Waals surface area contributed by atoms with Crippen LogP contribution in [-0.2, 0) is 19.4 Å². The van der Waals surface area contributed by atoms with E-state index in [1.54, 1.807) is 11.8 Å². The molecule has 1 aromatic heterocycles. The first-order chi connectivity index (χ1) is 12.1. The molecule has 132 valence electrons. The number of benzene rings is 1. The van der Waals surface area contributed by atoms with E-state index in [9.17, 15) is 4.79 Å². The molecular weight excluding hydrogens is 330 g/mol. The summed E-state index contributed by atoms with van der Waals surface area (Å²) in [4.78, 5) is 19.0. The van der Waals surface area contributed by atoms with Crippen molar-refractivity contribution in [3.63, 3.8) is 0 Å². The normalized spacial score (nSPS) is 13.7. The molecule has 0 N–H and O–H groups in total. The Balaban J connectivity index is 1.72. The smallest absolute Gasteiger partial charge is 0.308 e. The summed E-state index contributed by atoms with van der Waals surface area (Å²) in [6, 6.07) is 10.3. The molecule has 0 fully saturated rings. The average molecular weight is 356 g/mol. The molecule has 0 atom stereocenters. The van der Waals surface area contributed by atoms with E-state index in [2.05, 4.69) is 34.2 Å². The average Bonchev–Trinajstić information content (AvgIpc) is 3.08. The summed E-state index contributed by atoms with van der Waals surface area (Å²) >= 11 is 1.67. The Morgan fingerprint density at radius 3 is 2.80 bits per heavy atom. The maximum absolute atomic E-state index is 12.5. The van der Waals surface area contributed by atoms with Crippen LogP contribution < -0.4 is 5.69 Å². The topological polar surface area (TPSA) is 38.1 Å². The molecule has 0 saturated heterocycles. The second-order valence-electron chi connectivity index (χ2n) is 6.56. The molecule has 0 spiro atoms. The van der Waals surface area contributed by atoms with Gasteiger partial charge in [0.25, 0.3) is 0 Å². The number of rotatable bonds is 7. The summed E-state index contributed by atoms with van der Waals surface area (Å²) in [5.74, 6) is 0.829. The van der Waals surface area contributed by atoms with E-state index in [4.69, 9.17) is 0 Å². The van der Waals surface area contributed by atoms with Crippen molar-refractivity contribution in [3.8, 4) is 0 Å². The number of fused-ring (bicyclic) bond motifs is 1. The molecule has 0 aliphatic heterocycles. The minimum Gasteiger partial charge on any atom is -0.308 e. The molecular formula is C20H25N3OS. The van der Waals surface area contributed by atoms with Gasteiger partial charge in [-0.2, -0.15) is 4.98 Å². The molecule has 4 nitrogen and oxygen atoms in total. The van der Waals surface area contributed by atoms with E-state index in [0.717, 1.165) is 43.1 Å². The molecule has 1 aliphatic rings. The largest absolute Gasteiger partial charge is 0.348 e. The van der Waals surface area contributed by atoms with Gasteiger partial charge in [-0.15, -0.1) is 11.8 Å². The first-order valence-corrected chi connectivity index (χ1v) is 9.75. The van der Waals surface area contributed by atoms with Gasteiger partial charge in [-0.25, -0.2) is 4.79 Å². The van der Waals surface area contributed by atoms with Gasteiger partial charge in [0.15, 0.2) is 0 Å². The van der Waals surface area contributed by atoms with Gasteiger partial charge in [-0.1, -0.05) is 42.5 Å². The quantitative estimate of drug-likeness (QED) is 0.565. The van der Waals surface area contributed by atoms with Gasteiger partial charge in [-0.05, 0) is 38.9 Å². The Morgan fingerprint density at radius 2 is 2.04 bits per heavy atom. The van der Waals surface area contributed by atoms with Crippen LogP contribution in [0.1, 0.15) is 23.2 Å². The SMILES string of the molecule is CN(C)CCn1c2c(c(SC/C=C/c3ccccc3)nc1=O)CCC2. The summed E-state index contributed by atoms with van der Waals surface area (Å²) in [5, 5.41) is 0.927. The highest BCUT2D eigenvalue weighted by Crippen LogP contribution is 2.29. The lowest BCUT2D eigenvalue weighted by Gasteiger charge is -2.16. The summed E-state index contributed by atoms with van der Waals surface area (Å²) in [6.07, 6.45) is 7.41. The van der Waals surface area contributed by atoms with Gasteiger partial charge < -0.3 is 4.90 Å². The van der Waals surface area contributed by atoms with Crippen molar-refractivity contribution in [2.45, 2.75) is 30.8 Å². The Labute approximate surface area is 153 Å². The fraction of sp³-hybridized carbons (Fsp3) is 0.400. The van der Waals surface area contributed by atoms with E-state index < -0.39 is 0 Å². The standard InChI is InChI=1S/C20H25N3OS/c1-22(2)13-14-23-18-12-6-11-17(18)19(21-20(23)24)25-15-7-10-16-8-4-3-5-9-16/h3-5,7-10H,6,11-15H2,1-2H3/b10-7+. The number of likely N-dealkylation sites (N-methyl/N-ethyl adjacent to an activating group) is 1. The first kappa shape index (κ1) is 18.0. The molecule has 0 bridgehead atoms. The van der Waals surface area contributed by atoms with Crippen LogP contribution in [0.25, 0.3) is 6.08 Å². The van der Waals surface area contributed by atoms with Crippen LogP contribution in [0.15, 0.2) is 46.2 Å². The second kappa shape index (κ2) is 8.50.